The summed E-state index contributed by atoms with van der Waals surface area (Å²) in [5, 5.41) is 0.623. The van der Waals surface area contributed by atoms with Crippen molar-refractivity contribution in [3.8, 4) is 0 Å². The average Bonchev–Trinajstić information content (AvgIpc) is 2.74. The minimum atomic E-state index is -0.381. The Morgan fingerprint density at radius 1 is 1.32 bits per heavy atom. The maximum absolute atomic E-state index is 12.8. The third kappa shape index (κ3) is 3.19. The summed E-state index contributed by atoms with van der Waals surface area (Å²) in [6.45, 7) is 0. The van der Waals surface area contributed by atoms with E-state index in [9.17, 15) is 9.18 Å². The van der Waals surface area contributed by atoms with Crippen LogP contribution in [0.4, 0.5) is 10.3 Å². The van der Waals surface area contributed by atoms with E-state index >= 15 is 0 Å². The number of hydrogen-bond donors (Lipinski definition) is 1. The van der Waals surface area contributed by atoms with Crippen LogP contribution in [0, 0.1) is 5.82 Å². The van der Waals surface area contributed by atoms with Gasteiger partial charge in [-0.1, -0.05) is 23.9 Å². The van der Waals surface area contributed by atoms with Crippen LogP contribution in [-0.2, 0) is 12.8 Å². The molecule has 0 bridgehead atoms. The predicted octanol–water partition coefficient (Wildman–Crippen LogP) is -0.224. The first-order valence-electron chi connectivity index (χ1n) is 6.10. The third-order valence-electron chi connectivity index (χ3n) is 2.98. The molecule has 0 fully saturated rings. The van der Waals surface area contributed by atoms with Gasteiger partial charge < -0.3 is 20.3 Å². The fourth-order valence-electron chi connectivity index (χ4n) is 1.95. The van der Waals surface area contributed by atoms with Gasteiger partial charge >= 0.3 is 18.9 Å². The van der Waals surface area contributed by atoms with Gasteiger partial charge in [0.15, 0.2) is 5.16 Å². The van der Waals surface area contributed by atoms with Gasteiger partial charge in [-0.25, -0.2) is 9.37 Å². The molecule has 1 aromatic carbocycles. The van der Waals surface area contributed by atoms with Crippen molar-refractivity contribution in [3.63, 3.8) is 0 Å². The number of hydrogen-bond acceptors (Lipinski definition) is 4. The van der Waals surface area contributed by atoms with Crippen molar-refractivity contribution >= 4 is 28.9 Å². The number of nitrogens with one attached hydrogen (secondary N) is 2. The first-order valence-corrected chi connectivity index (χ1v) is 7.09. The Balaban J connectivity index is 0.00000176. The summed E-state index contributed by atoms with van der Waals surface area (Å²) < 4.78 is 14.5. The smallest absolute Gasteiger partial charge is 0.411 e. The summed E-state index contributed by atoms with van der Waals surface area (Å²) in [5.41, 5.74) is 8.57. The second-order valence-corrected chi connectivity index (χ2v) is 5.40. The van der Waals surface area contributed by atoms with Crippen molar-refractivity contribution in [2.24, 2.45) is 7.05 Å². The molecule has 0 aliphatic carbocycles. The third-order valence-corrected chi connectivity index (χ3v) is 4.08. The Labute approximate surface area is 141 Å². The van der Waals surface area contributed by atoms with Crippen molar-refractivity contribution < 1.29 is 23.3 Å². The largest absolute Gasteiger partial charge is 1.00 e. The minimum absolute atomic E-state index is 0. The molecule has 0 spiro atoms. The van der Waals surface area contributed by atoms with Crippen LogP contribution in [-0.4, -0.2) is 19.5 Å². The summed E-state index contributed by atoms with van der Waals surface area (Å²) in [6.07, 6.45) is 0. The fourth-order valence-corrected chi connectivity index (χ4v) is 2.88. The van der Waals surface area contributed by atoms with Crippen LogP contribution in [0.1, 0.15) is 5.56 Å². The molecule has 3 aromatic rings. The molecular weight excluding hydrogens is 300 g/mol. The number of H-pyrrole nitrogens is 1. The minimum Gasteiger partial charge on any atom is -0.411 e. The zero-order valence-electron chi connectivity index (χ0n) is 12.1. The molecule has 0 amide bonds. The van der Waals surface area contributed by atoms with Gasteiger partial charge in [-0.15, -0.1) is 0 Å². The van der Waals surface area contributed by atoms with Crippen LogP contribution in [0.15, 0.2) is 34.2 Å². The van der Waals surface area contributed by atoms with E-state index in [1.807, 2.05) is 0 Å². The second kappa shape index (κ2) is 6.56. The Bertz CT molecular complexity index is 861. The number of aromatic amines is 1. The Hall–Kier alpha value is -1.75. The van der Waals surface area contributed by atoms with Gasteiger partial charge in [-0.05, 0) is 17.7 Å². The molecule has 108 valence electrons. The number of thioether (sulfide) groups is 1. The van der Waals surface area contributed by atoms with Crippen molar-refractivity contribution in [2.75, 3.05) is 0 Å². The first kappa shape index (κ1) is 16.6. The van der Waals surface area contributed by atoms with Gasteiger partial charge in [0.25, 0.3) is 0 Å². The van der Waals surface area contributed by atoms with E-state index in [1.54, 1.807) is 23.7 Å². The maximum Gasteiger partial charge on any atom is 1.00 e. The number of nitrogens with zero attached hydrogens (tertiary/aromatic N) is 3. The number of halogens is 1. The summed E-state index contributed by atoms with van der Waals surface area (Å²) in [5.74, 6) is 0.120. The molecule has 2 N–H and O–H groups in total. The van der Waals surface area contributed by atoms with Gasteiger partial charge in [0.1, 0.15) is 17.0 Å². The van der Waals surface area contributed by atoms with Crippen LogP contribution in [0.5, 0.6) is 0 Å². The predicted molar refractivity (Wildman–Crippen MR) is 79.1 cm³/mol. The number of imidazole rings is 1. The molecule has 22 heavy (non-hydrogen) atoms. The van der Waals surface area contributed by atoms with E-state index in [2.05, 4.69) is 15.0 Å². The van der Waals surface area contributed by atoms with E-state index in [0.29, 0.717) is 16.4 Å². The number of fused-ring (bicyclic) bond motifs is 1. The molecule has 0 aliphatic heterocycles. The molecule has 2 aromatic heterocycles. The van der Waals surface area contributed by atoms with Gasteiger partial charge in [-0.3, -0.25) is 4.79 Å². The Kier molecular flexibility index (Phi) is 4.96. The SMILES string of the molecule is Cn1c(SCc2ccc(F)cc2)nc2nc([NH-])[nH]c(=O)c21.[Li+]. The second-order valence-electron chi connectivity index (χ2n) is 4.46. The first-order chi connectivity index (χ1) is 10.0. The van der Waals surface area contributed by atoms with Crippen molar-refractivity contribution in [1.82, 2.24) is 19.5 Å². The van der Waals surface area contributed by atoms with Crippen LogP contribution >= 0.6 is 11.8 Å². The molecular formula is C13H11FLiN5OS. The van der Waals surface area contributed by atoms with Gasteiger partial charge in [0.05, 0.1) is 0 Å². The fraction of sp³-hybridized carbons (Fsp3) is 0.154. The van der Waals surface area contributed by atoms with Gasteiger partial charge in [0, 0.05) is 18.7 Å². The molecule has 0 atom stereocenters. The zero-order chi connectivity index (χ0) is 15.0. The normalized spacial score (nSPS) is 10.6. The monoisotopic (exact) mass is 311 g/mol. The number of aryl methyl sites for hydroxylation is 1. The Morgan fingerprint density at radius 3 is 2.68 bits per heavy atom. The van der Waals surface area contributed by atoms with E-state index in [0.717, 1.165) is 5.56 Å². The molecule has 0 aliphatic rings. The van der Waals surface area contributed by atoms with E-state index in [-0.39, 0.29) is 41.8 Å². The maximum atomic E-state index is 12.8. The number of benzene rings is 1. The quantitative estimate of drug-likeness (QED) is 0.535. The molecule has 0 radical (unpaired) electrons. The average molecular weight is 311 g/mol. The molecule has 6 nitrogen and oxygen atoms in total. The molecule has 0 saturated carbocycles. The molecule has 0 unspecified atom stereocenters. The van der Waals surface area contributed by atoms with E-state index in [1.165, 1.54) is 23.9 Å². The van der Waals surface area contributed by atoms with Crippen molar-refractivity contribution in [1.29, 1.82) is 0 Å². The van der Waals surface area contributed by atoms with Gasteiger partial charge in [-0.2, -0.15) is 0 Å². The summed E-state index contributed by atoms with van der Waals surface area (Å²) in [4.78, 5) is 22.3. The Morgan fingerprint density at radius 2 is 2.00 bits per heavy atom. The van der Waals surface area contributed by atoms with E-state index < -0.39 is 0 Å². The zero-order valence-corrected chi connectivity index (χ0v) is 12.9. The van der Waals surface area contributed by atoms with Gasteiger partial charge in [0.2, 0.25) is 5.56 Å². The molecule has 2 heterocycles. The summed E-state index contributed by atoms with van der Waals surface area (Å²) >= 11 is 1.42. The van der Waals surface area contributed by atoms with Crippen molar-refractivity contribution in [3.05, 3.63) is 51.7 Å². The van der Waals surface area contributed by atoms with Crippen LogP contribution in [0.25, 0.3) is 16.9 Å². The van der Waals surface area contributed by atoms with Crippen LogP contribution in [0.3, 0.4) is 0 Å². The van der Waals surface area contributed by atoms with Crippen LogP contribution in [0.2, 0.25) is 0 Å². The number of rotatable bonds is 3. The van der Waals surface area contributed by atoms with Crippen LogP contribution < -0.4 is 24.4 Å². The summed E-state index contributed by atoms with van der Waals surface area (Å²) in [6, 6.07) is 6.22. The molecule has 3 rings (SSSR count). The number of aromatic nitrogens is 4. The molecule has 0 saturated heterocycles. The summed E-state index contributed by atoms with van der Waals surface area (Å²) in [7, 11) is 1.73. The van der Waals surface area contributed by atoms with Crippen molar-refractivity contribution in [2.45, 2.75) is 10.9 Å². The van der Waals surface area contributed by atoms with E-state index in [4.69, 9.17) is 5.73 Å². The topological polar surface area (TPSA) is 87.4 Å². The molecule has 9 heteroatoms. The standard InChI is InChI=1S/C13H12FN5OS.Li/c1-19-9-10(16-12(15)18-11(9)20)17-13(19)21-6-7-2-4-8(14)5-3-7;/h2-5H,6H2,1H3,(H3,15,16,18,20);/q;+1/p-1.